The number of carbonyl (C=O) groups is 1. The van der Waals surface area contributed by atoms with E-state index in [0.717, 1.165) is 11.8 Å². The van der Waals surface area contributed by atoms with Gasteiger partial charge >= 0.3 is 0 Å². The Balaban J connectivity index is 2.80. The van der Waals surface area contributed by atoms with Gasteiger partial charge < -0.3 is 9.47 Å². The lowest BCUT2D eigenvalue weighted by Gasteiger charge is -2.15. The highest BCUT2D eigenvalue weighted by atomic mass is 16.5. The number of aryl methyl sites for hydroxylation is 1. The van der Waals surface area contributed by atoms with E-state index in [0.29, 0.717) is 17.9 Å². The van der Waals surface area contributed by atoms with Crippen molar-refractivity contribution in [3.8, 4) is 5.75 Å². The van der Waals surface area contributed by atoms with Crippen molar-refractivity contribution in [3.05, 3.63) is 29.3 Å². The first kappa shape index (κ1) is 11.7. The van der Waals surface area contributed by atoms with Gasteiger partial charge in [0.15, 0.2) is 6.29 Å². The third-order valence-corrected chi connectivity index (χ3v) is 2.02. The Morgan fingerprint density at radius 2 is 2.20 bits per heavy atom. The minimum atomic E-state index is -0.0589. The summed E-state index contributed by atoms with van der Waals surface area (Å²) in [4.78, 5) is 10.8. The number of rotatable bonds is 5. The van der Waals surface area contributed by atoms with Gasteiger partial charge in [0.05, 0.1) is 12.2 Å². The predicted molar refractivity (Wildman–Crippen MR) is 58.5 cm³/mol. The molecule has 1 aromatic carbocycles. The molecule has 0 saturated heterocycles. The van der Waals surface area contributed by atoms with Gasteiger partial charge in [0.1, 0.15) is 11.9 Å². The van der Waals surface area contributed by atoms with Crippen LogP contribution in [0.4, 0.5) is 0 Å². The summed E-state index contributed by atoms with van der Waals surface area (Å²) < 4.78 is 10.5. The Morgan fingerprint density at radius 1 is 1.47 bits per heavy atom. The summed E-state index contributed by atoms with van der Waals surface area (Å²) in [6, 6.07) is 5.54. The highest BCUT2D eigenvalue weighted by molar-refractivity contribution is 5.79. The molecule has 0 aliphatic heterocycles. The average Bonchev–Trinajstić information content (AvgIpc) is 2.21. The molecule has 0 radical (unpaired) electrons. The summed E-state index contributed by atoms with van der Waals surface area (Å²) in [6.07, 6.45) is 0.749. The van der Waals surface area contributed by atoms with Gasteiger partial charge in [-0.15, -0.1) is 0 Å². The molecule has 0 bridgehead atoms. The molecule has 3 heteroatoms. The van der Waals surface area contributed by atoms with Crippen LogP contribution in [0.5, 0.6) is 5.75 Å². The fraction of sp³-hybridized carbons (Fsp3) is 0.417. The summed E-state index contributed by atoms with van der Waals surface area (Å²) in [5, 5.41) is 0. The Kier molecular flexibility index (Phi) is 4.31. The molecule has 0 heterocycles. The van der Waals surface area contributed by atoms with Crippen LogP contribution in [0.25, 0.3) is 0 Å². The Labute approximate surface area is 90.0 Å². The lowest BCUT2D eigenvalue weighted by Crippen LogP contribution is -2.18. The average molecular weight is 208 g/mol. The summed E-state index contributed by atoms with van der Waals surface area (Å²) >= 11 is 0. The number of methoxy groups -OCH3 is 1. The van der Waals surface area contributed by atoms with Crippen molar-refractivity contribution in [1.82, 2.24) is 0 Å². The molecule has 0 aliphatic carbocycles. The molecule has 82 valence electrons. The van der Waals surface area contributed by atoms with Crippen LogP contribution in [0.3, 0.4) is 0 Å². The second-order valence-corrected chi connectivity index (χ2v) is 3.54. The molecule has 1 unspecified atom stereocenters. The van der Waals surface area contributed by atoms with E-state index in [4.69, 9.17) is 9.47 Å². The standard InChI is InChI=1S/C12H16O3/c1-9-4-5-12(11(6-9)7-13)15-10(2)8-14-3/h4-7,10H,8H2,1-3H3. The van der Waals surface area contributed by atoms with E-state index in [1.54, 1.807) is 7.11 Å². The summed E-state index contributed by atoms with van der Waals surface area (Å²) in [5.41, 5.74) is 1.63. The van der Waals surface area contributed by atoms with E-state index in [1.165, 1.54) is 0 Å². The van der Waals surface area contributed by atoms with Crippen molar-refractivity contribution in [2.75, 3.05) is 13.7 Å². The normalized spacial score (nSPS) is 12.2. The van der Waals surface area contributed by atoms with E-state index >= 15 is 0 Å². The minimum Gasteiger partial charge on any atom is -0.488 e. The second kappa shape index (κ2) is 5.51. The lowest BCUT2D eigenvalue weighted by atomic mass is 10.1. The van der Waals surface area contributed by atoms with Crippen molar-refractivity contribution >= 4 is 6.29 Å². The number of benzene rings is 1. The van der Waals surface area contributed by atoms with Gasteiger partial charge in [-0.2, -0.15) is 0 Å². The largest absolute Gasteiger partial charge is 0.488 e. The molecule has 0 aliphatic rings. The first-order valence-electron chi connectivity index (χ1n) is 4.88. The summed E-state index contributed by atoms with van der Waals surface area (Å²) in [7, 11) is 1.62. The fourth-order valence-electron chi connectivity index (χ4n) is 1.35. The molecule has 0 aromatic heterocycles. The van der Waals surface area contributed by atoms with Gasteiger partial charge in [-0.3, -0.25) is 4.79 Å². The lowest BCUT2D eigenvalue weighted by molar-refractivity contribution is 0.0905. The van der Waals surface area contributed by atoms with E-state index in [9.17, 15) is 4.79 Å². The number of hydrogen-bond acceptors (Lipinski definition) is 3. The van der Waals surface area contributed by atoms with Crippen LogP contribution in [0.1, 0.15) is 22.8 Å². The zero-order chi connectivity index (χ0) is 11.3. The maximum atomic E-state index is 10.8. The van der Waals surface area contributed by atoms with Gasteiger partial charge in [-0.05, 0) is 26.0 Å². The van der Waals surface area contributed by atoms with Crippen LogP contribution in [0.15, 0.2) is 18.2 Å². The molecule has 3 nitrogen and oxygen atoms in total. The second-order valence-electron chi connectivity index (χ2n) is 3.54. The van der Waals surface area contributed by atoms with E-state index in [-0.39, 0.29) is 6.10 Å². The molecule has 0 spiro atoms. The van der Waals surface area contributed by atoms with Gasteiger partial charge in [0.2, 0.25) is 0 Å². The summed E-state index contributed by atoms with van der Waals surface area (Å²) in [5.74, 6) is 0.611. The van der Waals surface area contributed by atoms with Crippen molar-refractivity contribution in [2.45, 2.75) is 20.0 Å². The van der Waals surface area contributed by atoms with E-state index in [2.05, 4.69) is 0 Å². The topological polar surface area (TPSA) is 35.5 Å². The van der Waals surface area contributed by atoms with Crippen LogP contribution >= 0.6 is 0 Å². The van der Waals surface area contributed by atoms with Crippen molar-refractivity contribution < 1.29 is 14.3 Å². The molecule has 0 fully saturated rings. The molecule has 0 saturated carbocycles. The number of aldehydes is 1. The number of carbonyl (C=O) groups excluding carboxylic acids is 1. The minimum absolute atomic E-state index is 0.0589. The quantitative estimate of drug-likeness (QED) is 0.696. The van der Waals surface area contributed by atoms with Crippen LogP contribution in [0.2, 0.25) is 0 Å². The predicted octanol–water partition coefficient (Wildman–Crippen LogP) is 2.22. The van der Waals surface area contributed by atoms with Crippen molar-refractivity contribution in [2.24, 2.45) is 0 Å². The zero-order valence-corrected chi connectivity index (χ0v) is 9.32. The zero-order valence-electron chi connectivity index (χ0n) is 9.32. The molecular formula is C12H16O3. The molecule has 0 N–H and O–H groups in total. The van der Waals surface area contributed by atoms with Crippen LogP contribution in [0, 0.1) is 6.92 Å². The Morgan fingerprint density at radius 3 is 2.80 bits per heavy atom. The van der Waals surface area contributed by atoms with Gasteiger partial charge in [0.25, 0.3) is 0 Å². The van der Waals surface area contributed by atoms with Gasteiger partial charge in [-0.25, -0.2) is 0 Å². The van der Waals surface area contributed by atoms with Crippen LogP contribution in [-0.2, 0) is 4.74 Å². The monoisotopic (exact) mass is 208 g/mol. The fourth-order valence-corrected chi connectivity index (χ4v) is 1.35. The molecule has 0 amide bonds. The van der Waals surface area contributed by atoms with Gasteiger partial charge in [0, 0.05) is 7.11 Å². The smallest absolute Gasteiger partial charge is 0.153 e. The highest BCUT2D eigenvalue weighted by Crippen LogP contribution is 2.19. The third-order valence-electron chi connectivity index (χ3n) is 2.02. The molecular weight excluding hydrogens is 192 g/mol. The highest BCUT2D eigenvalue weighted by Gasteiger charge is 2.07. The molecule has 15 heavy (non-hydrogen) atoms. The van der Waals surface area contributed by atoms with Crippen LogP contribution in [-0.4, -0.2) is 26.1 Å². The number of ether oxygens (including phenoxy) is 2. The molecule has 1 atom stereocenters. The number of hydrogen-bond donors (Lipinski definition) is 0. The van der Waals surface area contributed by atoms with E-state index < -0.39 is 0 Å². The Hall–Kier alpha value is -1.35. The third kappa shape index (κ3) is 3.36. The molecule has 1 rings (SSSR count). The van der Waals surface area contributed by atoms with Crippen LogP contribution < -0.4 is 4.74 Å². The maximum Gasteiger partial charge on any atom is 0.153 e. The maximum absolute atomic E-state index is 10.8. The Bertz CT molecular complexity index is 334. The van der Waals surface area contributed by atoms with E-state index in [1.807, 2.05) is 32.0 Å². The first-order chi connectivity index (χ1) is 7.17. The first-order valence-corrected chi connectivity index (χ1v) is 4.88. The van der Waals surface area contributed by atoms with Crippen molar-refractivity contribution in [3.63, 3.8) is 0 Å². The molecule has 1 aromatic rings. The van der Waals surface area contributed by atoms with Crippen molar-refractivity contribution in [1.29, 1.82) is 0 Å². The van der Waals surface area contributed by atoms with Gasteiger partial charge in [-0.1, -0.05) is 11.6 Å². The summed E-state index contributed by atoms with van der Waals surface area (Å²) in [6.45, 7) is 4.35. The SMILES string of the molecule is COCC(C)Oc1ccc(C)cc1C=O.